The Kier molecular flexibility index (Phi) is 6.04. The van der Waals surface area contributed by atoms with E-state index in [4.69, 9.17) is 0 Å². The van der Waals surface area contributed by atoms with E-state index in [2.05, 4.69) is 21.2 Å². The standard InChI is InChI=1S/C23H23F3N4O2S/c1-13(15-5-4-6-16(19(15)24)20(25)26)29-21-18-11-17(14-7-9-33(3,32)10-8-14)23(31)30(2)22(18)28-12-27-21/h4-7,11-13,20H,3,8-10H2,1-2H3,(H,27,28,29)/t13-,33?/m1/s1. The predicted octanol–water partition coefficient (Wildman–Crippen LogP) is 4.08. The van der Waals surface area contributed by atoms with Crippen LogP contribution in [-0.2, 0) is 16.6 Å². The van der Waals surface area contributed by atoms with Crippen LogP contribution in [0.15, 0.2) is 41.5 Å². The Hall–Kier alpha value is -3.14. The summed E-state index contributed by atoms with van der Waals surface area (Å²) in [6.45, 7) is 1.64. The number of hydrogen-bond acceptors (Lipinski definition) is 5. The van der Waals surface area contributed by atoms with Gasteiger partial charge in [0.2, 0.25) is 0 Å². The summed E-state index contributed by atoms with van der Waals surface area (Å²) < 4.78 is 54.5. The van der Waals surface area contributed by atoms with Crippen LogP contribution in [0.1, 0.15) is 42.5 Å². The number of nitrogens with zero attached hydrogens (tertiary/aromatic N) is 3. The zero-order valence-electron chi connectivity index (χ0n) is 18.1. The van der Waals surface area contributed by atoms with Gasteiger partial charge in [-0.3, -0.25) is 13.6 Å². The number of aryl methyl sites for hydroxylation is 1. The van der Waals surface area contributed by atoms with Gasteiger partial charge in [0, 0.05) is 29.7 Å². The van der Waals surface area contributed by atoms with E-state index >= 15 is 0 Å². The molecular formula is C23H23F3N4O2S. The number of pyridine rings is 1. The quantitative estimate of drug-likeness (QED) is 0.562. The minimum absolute atomic E-state index is 0.0739. The van der Waals surface area contributed by atoms with Crippen molar-refractivity contribution in [3.05, 3.63) is 69.5 Å². The van der Waals surface area contributed by atoms with Gasteiger partial charge in [-0.25, -0.2) is 23.1 Å². The highest BCUT2D eigenvalue weighted by Crippen LogP contribution is 2.31. The molecule has 3 heterocycles. The van der Waals surface area contributed by atoms with E-state index in [0.717, 1.165) is 11.6 Å². The van der Waals surface area contributed by atoms with Crippen LogP contribution in [0.2, 0.25) is 0 Å². The molecule has 0 radical (unpaired) electrons. The number of nitrogens with one attached hydrogen (secondary N) is 1. The van der Waals surface area contributed by atoms with E-state index in [9.17, 15) is 22.2 Å². The van der Waals surface area contributed by atoms with E-state index in [1.54, 1.807) is 26.1 Å². The Balaban J connectivity index is 1.78. The summed E-state index contributed by atoms with van der Waals surface area (Å²) in [6, 6.07) is 4.86. The molecule has 0 saturated heterocycles. The van der Waals surface area contributed by atoms with Crippen LogP contribution >= 0.6 is 0 Å². The molecule has 0 fully saturated rings. The minimum atomic E-state index is -2.93. The third-order valence-electron chi connectivity index (χ3n) is 5.84. The van der Waals surface area contributed by atoms with E-state index in [-0.39, 0.29) is 11.1 Å². The first-order valence-electron chi connectivity index (χ1n) is 10.3. The van der Waals surface area contributed by atoms with E-state index in [0.29, 0.717) is 40.3 Å². The maximum Gasteiger partial charge on any atom is 0.266 e. The maximum atomic E-state index is 14.6. The first-order valence-corrected chi connectivity index (χ1v) is 12.4. The number of halogens is 3. The fourth-order valence-corrected chi connectivity index (χ4v) is 5.21. The number of fused-ring (bicyclic) bond motifs is 1. The molecule has 0 bridgehead atoms. The molecule has 4 rings (SSSR count). The van der Waals surface area contributed by atoms with E-state index in [1.165, 1.54) is 23.0 Å². The van der Waals surface area contributed by atoms with E-state index in [1.807, 2.05) is 0 Å². The second kappa shape index (κ2) is 8.66. The lowest BCUT2D eigenvalue weighted by molar-refractivity contribution is 0.146. The molecule has 1 aliphatic heterocycles. The van der Waals surface area contributed by atoms with Crippen molar-refractivity contribution in [2.24, 2.45) is 7.05 Å². The van der Waals surface area contributed by atoms with Crippen molar-refractivity contribution in [1.82, 2.24) is 14.5 Å². The molecule has 33 heavy (non-hydrogen) atoms. The first-order chi connectivity index (χ1) is 15.6. The average molecular weight is 477 g/mol. The number of alkyl halides is 2. The van der Waals surface area contributed by atoms with Gasteiger partial charge >= 0.3 is 0 Å². The van der Waals surface area contributed by atoms with Gasteiger partial charge < -0.3 is 5.32 Å². The minimum Gasteiger partial charge on any atom is -0.363 e. The van der Waals surface area contributed by atoms with Gasteiger partial charge in [-0.1, -0.05) is 24.3 Å². The number of rotatable bonds is 5. The Bertz CT molecular complexity index is 1430. The first kappa shape index (κ1) is 23.0. The summed E-state index contributed by atoms with van der Waals surface area (Å²) in [4.78, 5) is 21.4. The van der Waals surface area contributed by atoms with Gasteiger partial charge in [0.05, 0.1) is 17.0 Å². The molecule has 1 unspecified atom stereocenters. The van der Waals surface area contributed by atoms with Gasteiger partial charge in [0.15, 0.2) is 0 Å². The number of aromatic nitrogens is 3. The summed E-state index contributed by atoms with van der Waals surface area (Å²) in [5.41, 5.74) is 0.747. The predicted molar refractivity (Wildman–Crippen MR) is 126 cm³/mol. The van der Waals surface area contributed by atoms with Crippen LogP contribution in [0.5, 0.6) is 0 Å². The molecule has 1 N–H and O–H groups in total. The highest BCUT2D eigenvalue weighted by molar-refractivity contribution is 8.00. The Labute approximate surface area is 189 Å². The Morgan fingerprint density at radius 3 is 2.64 bits per heavy atom. The van der Waals surface area contributed by atoms with Crippen LogP contribution in [0.3, 0.4) is 0 Å². The molecular weight excluding hydrogens is 453 g/mol. The van der Waals surface area contributed by atoms with Gasteiger partial charge in [-0.05, 0) is 40.4 Å². The molecule has 10 heteroatoms. The van der Waals surface area contributed by atoms with Gasteiger partial charge in [-0.2, -0.15) is 0 Å². The fourth-order valence-electron chi connectivity index (χ4n) is 3.95. The molecule has 3 aromatic rings. The molecule has 6 nitrogen and oxygen atoms in total. The van der Waals surface area contributed by atoms with Crippen molar-refractivity contribution >= 4 is 37.8 Å². The van der Waals surface area contributed by atoms with Crippen LogP contribution in [0, 0.1) is 5.82 Å². The summed E-state index contributed by atoms with van der Waals surface area (Å²) in [6.07, 6.45) is 0.597. The number of benzene rings is 1. The van der Waals surface area contributed by atoms with Crippen LogP contribution < -0.4 is 10.9 Å². The third-order valence-corrected chi connectivity index (χ3v) is 7.56. The maximum absolute atomic E-state index is 14.6. The SMILES string of the molecule is C=S1(=O)CC=C(c2cc3c(N[C@H](C)c4cccc(C(F)F)c4F)ncnc3n(C)c2=O)CC1. The lowest BCUT2D eigenvalue weighted by Gasteiger charge is -2.20. The van der Waals surface area contributed by atoms with Gasteiger partial charge in [-0.15, -0.1) is 0 Å². The van der Waals surface area contributed by atoms with Gasteiger partial charge in [0.25, 0.3) is 12.0 Å². The summed E-state index contributed by atoms with van der Waals surface area (Å²) >= 11 is 0. The molecule has 174 valence electrons. The molecule has 1 aromatic carbocycles. The number of allylic oxidation sites excluding steroid dienone is 1. The summed E-state index contributed by atoms with van der Waals surface area (Å²) in [7, 11) is -0.578. The average Bonchev–Trinajstić information content (AvgIpc) is 2.76. The topological polar surface area (TPSA) is 76.9 Å². The highest BCUT2D eigenvalue weighted by atomic mass is 32.2. The van der Waals surface area contributed by atoms with Crippen molar-refractivity contribution in [3.8, 4) is 0 Å². The second-order valence-electron chi connectivity index (χ2n) is 8.11. The monoisotopic (exact) mass is 476 g/mol. The second-order valence-corrected chi connectivity index (χ2v) is 10.8. The van der Waals surface area contributed by atoms with Crippen molar-refractivity contribution < 1.29 is 17.4 Å². The van der Waals surface area contributed by atoms with Crippen LogP contribution in [0.4, 0.5) is 19.0 Å². The molecule has 2 aromatic heterocycles. The molecule has 0 amide bonds. The highest BCUT2D eigenvalue weighted by Gasteiger charge is 2.22. The number of hydrogen-bond donors (Lipinski definition) is 1. The van der Waals surface area contributed by atoms with Gasteiger partial charge in [0.1, 0.15) is 23.6 Å². The fraction of sp³-hybridized carbons (Fsp3) is 0.304. The molecule has 1 aliphatic rings. The van der Waals surface area contributed by atoms with Crippen LogP contribution in [0.25, 0.3) is 16.6 Å². The Morgan fingerprint density at radius 2 is 1.97 bits per heavy atom. The van der Waals surface area contributed by atoms with Crippen molar-refractivity contribution in [2.75, 3.05) is 16.8 Å². The largest absolute Gasteiger partial charge is 0.363 e. The smallest absolute Gasteiger partial charge is 0.266 e. The molecule has 2 atom stereocenters. The van der Waals surface area contributed by atoms with Crippen molar-refractivity contribution in [2.45, 2.75) is 25.8 Å². The summed E-state index contributed by atoms with van der Waals surface area (Å²) in [5.74, 6) is 3.81. The zero-order chi connectivity index (χ0) is 23.9. The molecule has 0 aliphatic carbocycles. The summed E-state index contributed by atoms with van der Waals surface area (Å²) in [5, 5.41) is 3.59. The van der Waals surface area contributed by atoms with E-state index < -0.39 is 33.4 Å². The molecule has 0 spiro atoms. The lowest BCUT2D eigenvalue weighted by Crippen LogP contribution is -2.24. The normalized spacial score (nSPS) is 19.5. The Morgan fingerprint density at radius 1 is 1.24 bits per heavy atom. The zero-order valence-corrected chi connectivity index (χ0v) is 19.0. The van der Waals surface area contributed by atoms with Crippen molar-refractivity contribution in [1.29, 1.82) is 0 Å². The number of anilines is 1. The van der Waals surface area contributed by atoms with Crippen molar-refractivity contribution in [3.63, 3.8) is 0 Å². The third kappa shape index (κ3) is 4.39. The molecule has 0 saturated carbocycles. The van der Waals surface area contributed by atoms with Crippen LogP contribution in [-0.4, -0.2) is 36.1 Å². The lowest BCUT2D eigenvalue weighted by atomic mass is 10.0.